The summed E-state index contributed by atoms with van der Waals surface area (Å²) in [5.74, 6) is 0.679. The quantitative estimate of drug-likeness (QED) is 0.726. The molecule has 3 nitrogen and oxygen atoms in total. The molecule has 78 valence electrons. The first-order chi connectivity index (χ1) is 6.90. The molecule has 1 aliphatic heterocycles. The van der Waals surface area contributed by atoms with E-state index in [4.69, 9.17) is 4.74 Å². The lowest BCUT2D eigenvalue weighted by Gasteiger charge is -2.29. The van der Waals surface area contributed by atoms with Gasteiger partial charge in [-0.3, -0.25) is 4.99 Å². The lowest BCUT2D eigenvalue weighted by molar-refractivity contribution is 0.0645. The van der Waals surface area contributed by atoms with Crippen molar-refractivity contribution >= 4 is 5.71 Å². The van der Waals surface area contributed by atoms with Gasteiger partial charge in [0, 0.05) is 25.2 Å². The summed E-state index contributed by atoms with van der Waals surface area (Å²) in [7, 11) is 1.81. The van der Waals surface area contributed by atoms with Gasteiger partial charge in [-0.15, -0.1) is 0 Å². The number of methoxy groups -OCH3 is 1. The first kappa shape index (κ1) is 9.71. The zero-order valence-corrected chi connectivity index (χ0v) is 8.70. The van der Waals surface area contributed by atoms with Crippen LogP contribution in [0.15, 0.2) is 17.4 Å². The van der Waals surface area contributed by atoms with Crippen LogP contribution in [0.1, 0.15) is 25.7 Å². The highest BCUT2D eigenvalue weighted by Crippen LogP contribution is 2.27. The average Bonchev–Trinajstić information content (AvgIpc) is 2.30. The van der Waals surface area contributed by atoms with Gasteiger partial charge >= 0.3 is 0 Å². The van der Waals surface area contributed by atoms with Crippen molar-refractivity contribution in [1.29, 1.82) is 0 Å². The van der Waals surface area contributed by atoms with E-state index in [0.717, 1.165) is 6.54 Å². The number of nitrogens with zero attached hydrogens (tertiary/aromatic N) is 1. The van der Waals surface area contributed by atoms with Gasteiger partial charge in [0.15, 0.2) is 0 Å². The van der Waals surface area contributed by atoms with Crippen molar-refractivity contribution in [3.05, 3.63) is 12.4 Å². The molecule has 0 aromatic rings. The van der Waals surface area contributed by atoms with E-state index in [-0.39, 0.29) is 0 Å². The molecule has 0 amide bonds. The summed E-state index contributed by atoms with van der Waals surface area (Å²) >= 11 is 0. The lowest BCUT2D eigenvalue weighted by Crippen LogP contribution is -2.32. The lowest BCUT2D eigenvalue weighted by atomic mass is 9.84. The molecule has 0 unspecified atom stereocenters. The van der Waals surface area contributed by atoms with Crippen molar-refractivity contribution in [2.75, 3.05) is 13.7 Å². The van der Waals surface area contributed by atoms with E-state index in [0.29, 0.717) is 12.0 Å². The summed E-state index contributed by atoms with van der Waals surface area (Å²) in [6, 6.07) is 0. The van der Waals surface area contributed by atoms with E-state index < -0.39 is 0 Å². The number of hydrogen-bond donors (Lipinski definition) is 1. The minimum absolute atomic E-state index is 0.485. The summed E-state index contributed by atoms with van der Waals surface area (Å²) in [6.07, 6.45) is 9.08. The van der Waals surface area contributed by atoms with Gasteiger partial charge in [-0.05, 0) is 31.6 Å². The molecule has 0 spiro atoms. The molecule has 2 aliphatic rings. The third-order valence-electron chi connectivity index (χ3n) is 3.19. The summed E-state index contributed by atoms with van der Waals surface area (Å²) in [5, 5.41) is 3.21. The van der Waals surface area contributed by atoms with E-state index in [2.05, 4.69) is 10.3 Å². The zero-order valence-electron chi connectivity index (χ0n) is 8.70. The Bertz CT molecular complexity index is 240. The summed E-state index contributed by atoms with van der Waals surface area (Å²) in [4.78, 5) is 4.44. The molecule has 0 atom stereocenters. The van der Waals surface area contributed by atoms with Crippen molar-refractivity contribution < 1.29 is 4.74 Å². The van der Waals surface area contributed by atoms with Gasteiger partial charge < -0.3 is 10.1 Å². The van der Waals surface area contributed by atoms with Gasteiger partial charge in [0.1, 0.15) is 0 Å². The van der Waals surface area contributed by atoms with Crippen molar-refractivity contribution in [3.63, 3.8) is 0 Å². The molecule has 3 heteroatoms. The Morgan fingerprint density at radius 2 is 2.14 bits per heavy atom. The number of aliphatic imine (C=N–C) groups is 1. The maximum atomic E-state index is 5.36. The third-order valence-corrected chi connectivity index (χ3v) is 3.19. The normalized spacial score (nSPS) is 32.2. The van der Waals surface area contributed by atoms with Crippen molar-refractivity contribution in [2.24, 2.45) is 10.9 Å². The number of hydrogen-bond acceptors (Lipinski definition) is 3. The number of nitrogens with one attached hydrogen (secondary N) is 1. The molecule has 14 heavy (non-hydrogen) atoms. The highest BCUT2D eigenvalue weighted by atomic mass is 16.5. The number of ether oxygens (including phenoxy) is 1. The largest absolute Gasteiger partial charge is 0.384 e. The monoisotopic (exact) mass is 194 g/mol. The van der Waals surface area contributed by atoms with Crippen molar-refractivity contribution in [2.45, 2.75) is 31.8 Å². The highest BCUT2D eigenvalue weighted by molar-refractivity contribution is 5.89. The van der Waals surface area contributed by atoms with Crippen LogP contribution in [0.3, 0.4) is 0 Å². The molecule has 0 aromatic carbocycles. The minimum atomic E-state index is 0.485. The van der Waals surface area contributed by atoms with Gasteiger partial charge in [0.25, 0.3) is 0 Å². The molecule has 1 heterocycles. The predicted molar refractivity (Wildman–Crippen MR) is 57.3 cm³/mol. The Kier molecular flexibility index (Phi) is 3.19. The molecule has 1 saturated carbocycles. The first-order valence-corrected chi connectivity index (χ1v) is 5.38. The van der Waals surface area contributed by atoms with Crippen LogP contribution in [-0.4, -0.2) is 25.5 Å². The fourth-order valence-corrected chi connectivity index (χ4v) is 2.28. The Morgan fingerprint density at radius 3 is 2.71 bits per heavy atom. The van der Waals surface area contributed by atoms with E-state index >= 15 is 0 Å². The molecule has 1 N–H and O–H groups in total. The van der Waals surface area contributed by atoms with Crippen molar-refractivity contribution in [3.8, 4) is 0 Å². The van der Waals surface area contributed by atoms with Crippen LogP contribution in [0.4, 0.5) is 0 Å². The van der Waals surface area contributed by atoms with Gasteiger partial charge in [-0.1, -0.05) is 0 Å². The predicted octanol–water partition coefficient (Wildman–Crippen LogP) is 1.71. The van der Waals surface area contributed by atoms with E-state index in [1.54, 1.807) is 0 Å². The van der Waals surface area contributed by atoms with Gasteiger partial charge in [0.05, 0.1) is 12.6 Å². The molecule has 2 rings (SSSR count). The summed E-state index contributed by atoms with van der Waals surface area (Å²) in [6.45, 7) is 0.929. The van der Waals surface area contributed by atoms with E-state index in [9.17, 15) is 0 Å². The molecular weight excluding hydrogens is 176 g/mol. The van der Waals surface area contributed by atoms with Crippen LogP contribution in [-0.2, 0) is 4.74 Å². The minimum Gasteiger partial charge on any atom is -0.384 e. The van der Waals surface area contributed by atoms with Gasteiger partial charge in [-0.2, -0.15) is 0 Å². The summed E-state index contributed by atoms with van der Waals surface area (Å²) in [5.41, 5.74) is 1.32. The standard InChI is InChI=1S/C11H18N2O/c1-14-10-4-2-9(3-5-10)11-8-12-6-7-13-11/h6-7,9-10,12H,2-5,8H2,1H3. The Hall–Kier alpha value is -0.830. The van der Waals surface area contributed by atoms with Crippen LogP contribution < -0.4 is 5.32 Å². The fraction of sp³-hybridized carbons (Fsp3) is 0.727. The molecule has 0 aromatic heterocycles. The maximum absolute atomic E-state index is 5.36. The second-order valence-corrected chi connectivity index (χ2v) is 4.03. The van der Waals surface area contributed by atoms with E-state index in [1.165, 1.54) is 31.4 Å². The van der Waals surface area contributed by atoms with Crippen LogP contribution in [0.5, 0.6) is 0 Å². The molecule has 0 saturated heterocycles. The number of rotatable bonds is 2. The SMILES string of the molecule is COC1CCC(C2=NC=CNC2)CC1. The van der Waals surface area contributed by atoms with Crippen LogP contribution in [0.2, 0.25) is 0 Å². The topological polar surface area (TPSA) is 33.6 Å². The average molecular weight is 194 g/mol. The molecular formula is C11H18N2O. The van der Waals surface area contributed by atoms with Gasteiger partial charge in [0.2, 0.25) is 0 Å². The first-order valence-electron chi connectivity index (χ1n) is 5.38. The second-order valence-electron chi connectivity index (χ2n) is 4.03. The van der Waals surface area contributed by atoms with Crippen LogP contribution in [0, 0.1) is 5.92 Å². The molecule has 0 bridgehead atoms. The van der Waals surface area contributed by atoms with E-state index in [1.807, 2.05) is 19.5 Å². The molecule has 0 radical (unpaired) electrons. The second kappa shape index (κ2) is 4.60. The van der Waals surface area contributed by atoms with Gasteiger partial charge in [-0.25, -0.2) is 0 Å². The zero-order chi connectivity index (χ0) is 9.80. The Labute approximate surface area is 85.2 Å². The van der Waals surface area contributed by atoms with Crippen molar-refractivity contribution in [1.82, 2.24) is 5.32 Å². The van der Waals surface area contributed by atoms with Crippen LogP contribution in [0.25, 0.3) is 0 Å². The summed E-state index contributed by atoms with van der Waals surface area (Å²) < 4.78 is 5.36. The smallest absolute Gasteiger partial charge is 0.0571 e. The molecule has 1 aliphatic carbocycles. The maximum Gasteiger partial charge on any atom is 0.0571 e. The third kappa shape index (κ3) is 2.15. The fourth-order valence-electron chi connectivity index (χ4n) is 2.28. The molecule has 1 fully saturated rings. The Morgan fingerprint density at radius 1 is 1.36 bits per heavy atom. The highest BCUT2D eigenvalue weighted by Gasteiger charge is 2.24. The van der Waals surface area contributed by atoms with Crippen LogP contribution >= 0.6 is 0 Å². The Balaban J connectivity index is 1.88.